The number of hydrogen-bond donors (Lipinski definition) is 1. The number of nitriles is 1. The predicted octanol–water partition coefficient (Wildman–Crippen LogP) is 1.11. The van der Waals surface area contributed by atoms with Gasteiger partial charge >= 0.3 is 0 Å². The van der Waals surface area contributed by atoms with Crippen LogP contribution in [0.25, 0.3) is 0 Å². The molecule has 0 saturated carbocycles. The first-order valence-corrected chi connectivity index (χ1v) is 5.62. The van der Waals surface area contributed by atoms with E-state index in [9.17, 15) is 12.8 Å². The van der Waals surface area contributed by atoms with Gasteiger partial charge in [0.05, 0.1) is 11.6 Å². The van der Waals surface area contributed by atoms with Gasteiger partial charge in [-0.1, -0.05) is 0 Å². The van der Waals surface area contributed by atoms with Crippen molar-refractivity contribution in [3.8, 4) is 6.07 Å². The Hall–Kier alpha value is -0.970. The van der Waals surface area contributed by atoms with Gasteiger partial charge in [-0.2, -0.15) is 5.26 Å². The highest BCUT2D eigenvalue weighted by molar-refractivity contribution is 9.10. The second kappa shape index (κ2) is 3.65. The molecule has 0 aliphatic heterocycles. The summed E-state index contributed by atoms with van der Waals surface area (Å²) in [6, 6.07) is 3.68. The van der Waals surface area contributed by atoms with Crippen LogP contribution in [0.4, 0.5) is 4.39 Å². The Kier molecular flexibility index (Phi) is 2.89. The Morgan fingerprint density at radius 3 is 2.43 bits per heavy atom. The smallest absolute Gasteiger partial charge is 0.224 e. The van der Waals surface area contributed by atoms with Crippen molar-refractivity contribution in [1.82, 2.24) is 0 Å². The van der Waals surface area contributed by atoms with Crippen molar-refractivity contribution < 1.29 is 12.8 Å². The third-order valence-corrected chi connectivity index (χ3v) is 3.28. The highest BCUT2D eigenvalue weighted by Gasteiger charge is 2.19. The van der Waals surface area contributed by atoms with E-state index in [2.05, 4.69) is 15.9 Å². The zero-order chi connectivity index (χ0) is 10.9. The number of benzene rings is 1. The summed E-state index contributed by atoms with van der Waals surface area (Å²) in [7, 11) is -4.12. The van der Waals surface area contributed by atoms with Crippen molar-refractivity contribution in [3.05, 3.63) is 28.0 Å². The molecule has 0 saturated heterocycles. The number of nitrogens with zero attached hydrogens (tertiary/aromatic N) is 1. The molecule has 0 spiro atoms. The van der Waals surface area contributed by atoms with Crippen LogP contribution in [0.15, 0.2) is 21.5 Å². The minimum Gasteiger partial charge on any atom is -0.224 e. The van der Waals surface area contributed by atoms with Gasteiger partial charge < -0.3 is 0 Å². The number of hydrogen-bond acceptors (Lipinski definition) is 3. The molecule has 0 aromatic heterocycles. The molecule has 14 heavy (non-hydrogen) atoms. The van der Waals surface area contributed by atoms with Crippen molar-refractivity contribution in [2.75, 3.05) is 0 Å². The summed E-state index contributed by atoms with van der Waals surface area (Å²) >= 11 is 2.82. The highest BCUT2D eigenvalue weighted by atomic mass is 79.9. The fourth-order valence-corrected chi connectivity index (χ4v) is 2.67. The Labute approximate surface area is 88.3 Å². The Morgan fingerprint density at radius 1 is 1.50 bits per heavy atom. The van der Waals surface area contributed by atoms with Crippen LogP contribution < -0.4 is 5.14 Å². The van der Waals surface area contributed by atoms with E-state index in [1.54, 1.807) is 6.07 Å². The second-order valence-corrected chi connectivity index (χ2v) is 4.78. The summed E-state index contributed by atoms with van der Waals surface area (Å²) in [6.45, 7) is 0. The van der Waals surface area contributed by atoms with E-state index < -0.39 is 20.7 Å². The average Bonchev–Trinajstić information content (AvgIpc) is 1.99. The fourth-order valence-electron chi connectivity index (χ4n) is 0.896. The molecule has 74 valence electrons. The lowest BCUT2D eigenvalue weighted by Gasteiger charge is -2.03. The molecule has 0 heterocycles. The molecule has 0 radical (unpaired) electrons. The third-order valence-electron chi connectivity index (χ3n) is 1.41. The Bertz CT molecular complexity index is 498. The molecule has 1 aromatic rings. The van der Waals surface area contributed by atoms with Crippen molar-refractivity contribution in [3.63, 3.8) is 0 Å². The maximum Gasteiger partial charge on any atom is 0.242 e. The van der Waals surface area contributed by atoms with Gasteiger partial charge in [0.15, 0.2) is 0 Å². The molecule has 0 bridgehead atoms. The lowest BCUT2D eigenvalue weighted by molar-refractivity contribution is 0.566. The normalized spacial score (nSPS) is 11.0. The fraction of sp³-hybridized carbons (Fsp3) is 0. The number of sulfonamides is 1. The summed E-state index contributed by atoms with van der Waals surface area (Å²) in [4.78, 5) is -0.642. The molecule has 0 atom stereocenters. The van der Waals surface area contributed by atoms with Crippen LogP contribution in [-0.2, 0) is 10.0 Å². The van der Waals surface area contributed by atoms with Crippen LogP contribution in [0.2, 0.25) is 0 Å². The second-order valence-electron chi connectivity index (χ2n) is 2.43. The van der Waals surface area contributed by atoms with Crippen molar-refractivity contribution in [1.29, 1.82) is 5.26 Å². The minimum atomic E-state index is -4.12. The summed E-state index contributed by atoms with van der Waals surface area (Å²) in [5, 5.41) is 13.2. The molecule has 4 nitrogen and oxygen atoms in total. The van der Waals surface area contributed by atoms with Gasteiger partial charge in [-0.3, -0.25) is 0 Å². The molecular weight excluding hydrogens is 275 g/mol. The van der Waals surface area contributed by atoms with Gasteiger partial charge in [0.1, 0.15) is 10.7 Å². The number of halogens is 2. The number of nitrogens with two attached hydrogens (primary N) is 1. The van der Waals surface area contributed by atoms with Gasteiger partial charge in [-0.05, 0) is 28.1 Å². The lowest BCUT2D eigenvalue weighted by atomic mass is 10.2. The molecule has 0 aliphatic carbocycles. The van der Waals surface area contributed by atoms with Gasteiger partial charge in [-0.15, -0.1) is 0 Å². The molecule has 1 aromatic carbocycles. The van der Waals surface area contributed by atoms with E-state index >= 15 is 0 Å². The van der Waals surface area contributed by atoms with Crippen molar-refractivity contribution in [2.24, 2.45) is 5.14 Å². The third kappa shape index (κ3) is 2.09. The molecule has 0 unspecified atom stereocenters. The average molecular weight is 279 g/mol. The maximum atomic E-state index is 13.2. The Balaban J connectivity index is 3.59. The van der Waals surface area contributed by atoms with E-state index in [0.29, 0.717) is 0 Å². The van der Waals surface area contributed by atoms with Gasteiger partial charge in [0.25, 0.3) is 0 Å². The molecule has 1 rings (SSSR count). The van der Waals surface area contributed by atoms with Crippen molar-refractivity contribution >= 4 is 26.0 Å². The Morgan fingerprint density at radius 2 is 2.07 bits per heavy atom. The van der Waals surface area contributed by atoms with Crippen LogP contribution in [0.1, 0.15) is 5.56 Å². The van der Waals surface area contributed by atoms with Crippen LogP contribution in [0, 0.1) is 17.1 Å². The SMILES string of the molecule is N#Cc1cc(F)c(S(N)(=O)=O)c(Br)c1. The van der Waals surface area contributed by atoms with Gasteiger partial charge in [-0.25, -0.2) is 17.9 Å². The van der Waals surface area contributed by atoms with Gasteiger partial charge in [0.2, 0.25) is 10.0 Å². The summed E-state index contributed by atoms with van der Waals surface area (Å²) < 4.78 is 34.9. The summed E-state index contributed by atoms with van der Waals surface area (Å²) in [5.74, 6) is -1.04. The van der Waals surface area contributed by atoms with Crippen LogP contribution in [0.3, 0.4) is 0 Å². The standard InChI is InChI=1S/C7H4BrFN2O2S/c8-5-1-4(3-10)2-6(9)7(5)14(11,12)13/h1-2H,(H2,11,12,13). The largest absolute Gasteiger partial charge is 0.242 e. The van der Waals surface area contributed by atoms with E-state index in [1.165, 1.54) is 6.07 Å². The zero-order valence-corrected chi connectivity index (χ0v) is 9.06. The molecule has 7 heteroatoms. The molecule has 0 fully saturated rings. The van der Waals surface area contributed by atoms with Gasteiger partial charge in [0, 0.05) is 4.47 Å². The number of rotatable bonds is 1. The van der Waals surface area contributed by atoms with Crippen molar-refractivity contribution in [2.45, 2.75) is 4.90 Å². The van der Waals surface area contributed by atoms with E-state index in [1.807, 2.05) is 0 Å². The highest BCUT2D eigenvalue weighted by Crippen LogP contribution is 2.25. The number of primary sulfonamides is 1. The first-order chi connectivity index (χ1) is 6.36. The quantitative estimate of drug-likeness (QED) is 0.835. The maximum absolute atomic E-state index is 13.2. The zero-order valence-electron chi connectivity index (χ0n) is 6.66. The van der Waals surface area contributed by atoms with E-state index in [0.717, 1.165) is 6.07 Å². The summed E-state index contributed by atoms with van der Waals surface area (Å²) in [6.07, 6.45) is 0. The first kappa shape index (κ1) is 11.1. The first-order valence-electron chi connectivity index (χ1n) is 3.28. The van der Waals surface area contributed by atoms with Crippen LogP contribution >= 0.6 is 15.9 Å². The molecule has 0 aliphatic rings. The minimum absolute atomic E-state index is 0.0155. The lowest BCUT2D eigenvalue weighted by Crippen LogP contribution is -2.15. The van der Waals surface area contributed by atoms with E-state index in [-0.39, 0.29) is 10.0 Å². The van der Waals surface area contributed by atoms with Crippen LogP contribution in [-0.4, -0.2) is 8.42 Å². The monoisotopic (exact) mass is 278 g/mol. The topological polar surface area (TPSA) is 83.9 Å². The van der Waals surface area contributed by atoms with E-state index in [4.69, 9.17) is 10.4 Å². The van der Waals surface area contributed by atoms with Crippen LogP contribution in [0.5, 0.6) is 0 Å². The molecule has 2 N–H and O–H groups in total. The predicted molar refractivity (Wildman–Crippen MR) is 50.2 cm³/mol. The molecular formula is C7H4BrFN2O2S. The molecule has 0 amide bonds. The summed E-state index contributed by atoms with van der Waals surface area (Å²) in [5.41, 5.74) is 0.0155.